The third kappa shape index (κ3) is 6.14. The van der Waals surface area contributed by atoms with E-state index in [4.69, 9.17) is 0 Å². The lowest BCUT2D eigenvalue weighted by atomic mass is 9.98. The molecule has 0 bridgehead atoms. The Morgan fingerprint density at radius 3 is 2.69 bits per heavy atom. The van der Waals surface area contributed by atoms with Crippen LogP contribution >= 0.6 is 11.3 Å². The number of nitrogens with one attached hydrogen (secondary N) is 3. The first-order chi connectivity index (χ1) is 15.6. The van der Waals surface area contributed by atoms with E-state index in [1.165, 1.54) is 16.9 Å². The first kappa shape index (κ1) is 22.4. The summed E-state index contributed by atoms with van der Waals surface area (Å²) in [5.74, 6) is -1.30. The Kier molecular flexibility index (Phi) is 7.49. The van der Waals surface area contributed by atoms with Crippen molar-refractivity contribution in [1.29, 1.82) is 0 Å². The van der Waals surface area contributed by atoms with Gasteiger partial charge in [0, 0.05) is 37.6 Å². The summed E-state index contributed by atoms with van der Waals surface area (Å²) >= 11 is 1.27. The van der Waals surface area contributed by atoms with E-state index < -0.39 is 5.92 Å². The number of hydrogen-bond acceptors (Lipinski definition) is 6. The molecule has 2 aromatic rings. The Bertz CT molecular complexity index is 940. The van der Waals surface area contributed by atoms with Crippen molar-refractivity contribution in [2.75, 3.05) is 25.0 Å². The highest BCUT2D eigenvalue weighted by atomic mass is 32.1. The molecule has 9 heteroatoms. The summed E-state index contributed by atoms with van der Waals surface area (Å²) in [5, 5.41) is 10.7. The summed E-state index contributed by atoms with van der Waals surface area (Å²) in [6.45, 7) is 3.48. The van der Waals surface area contributed by atoms with Crippen LogP contribution in [0.1, 0.15) is 36.9 Å². The standard InChI is InChI=1S/C23H29N5O3S/c29-20(25-17-8-11-28(12-9-17)14-16-5-2-1-3-6-16)13-18-15-32-23(26-18)27-22(31)19-7-4-10-24-21(19)30/h1-3,5-6,15,17,19H,4,7-14H2,(H,24,30)(H,25,29)(H,26,27,31). The maximum Gasteiger partial charge on any atom is 0.238 e. The van der Waals surface area contributed by atoms with Crippen molar-refractivity contribution >= 4 is 34.2 Å². The summed E-state index contributed by atoms with van der Waals surface area (Å²) < 4.78 is 0. The molecule has 1 unspecified atom stereocenters. The summed E-state index contributed by atoms with van der Waals surface area (Å²) in [4.78, 5) is 43.4. The number of nitrogens with zero attached hydrogens (tertiary/aromatic N) is 2. The number of likely N-dealkylation sites (tertiary alicyclic amines) is 1. The molecule has 3 heterocycles. The molecule has 1 aromatic heterocycles. The van der Waals surface area contributed by atoms with Crippen LogP contribution in [0.25, 0.3) is 0 Å². The normalized spacial score (nSPS) is 19.9. The molecule has 170 valence electrons. The van der Waals surface area contributed by atoms with E-state index in [1.54, 1.807) is 5.38 Å². The van der Waals surface area contributed by atoms with Gasteiger partial charge in [-0.1, -0.05) is 30.3 Å². The number of carbonyl (C=O) groups excluding carboxylic acids is 3. The predicted molar refractivity (Wildman–Crippen MR) is 123 cm³/mol. The van der Waals surface area contributed by atoms with Crippen LogP contribution < -0.4 is 16.0 Å². The smallest absolute Gasteiger partial charge is 0.238 e. The monoisotopic (exact) mass is 455 g/mol. The molecule has 32 heavy (non-hydrogen) atoms. The van der Waals surface area contributed by atoms with E-state index in [0.29, 0.717) is 23.8 Å². The average Bonchev–Trinajstić information content (AvgIpc) is 3.22. The van der Waals surface area contributed by atoms with Crippen LogP contribution in [0.15, 0.2) is 35.7 Å². The van der Waals surface area contributed by atoms with Crippen molar-refractivity contribution in [2.24, 2.45) is 5.92 Å². The van der Waals surface area contributed by atoms with Crippen LogP contribution in [-0.2, 0) is 27.3 Å². The van der Waals surface area contributed by atoms with E-state index in [-0.39, 0.29) is 30.2 Å². The molecule has 3 N–H and O–H groups in total. The molecule has 3 amide bonds. The summed E-state index contributed by atoms with van der Waals surface area (Å²) in [6, 6.07) is 10.6. The molecule has 1 atom stereocenters. The minimum Gasteiger partial charge on any atom is -0.355 e. The topological polar surface area (TPSA) is 103 Å². The van der Waals surface area contributed by atoms with E-state index in [1.807, 2.05) is 6.07 Å². The largest absolute Gasteiger partial charge is 0.355 e. The van der Waals surface area contributed by atoms with Gasteiger partial charge in [-0.2, -0.15) is 0 Å². The van der Waals surface area contributed by atoms with Crippen molar-refractivity contribution in [3.8, 4) is 0 Å². The Balaban J connectivity index is 1.19. The van der Waals surface area contributed by atoms with Gasteiger partial charge < -0.3 is 16.0 Å². The highest BCUT2D eigenvalue weighted by molar-refractivity contribution is 7.13. The fourth-order valence-corrected chi connectivity index (χ4v) is 4.89. The fourth-order valence-electron chi connectivity index (χ4n) is 4.18. The summed E-state index contributed by atoms with van der Waals surface area (Å²) in [6.07, 6.45) is 3.38. The third-order valence-corrected chi connectivity index (χ3v) is 6.73. The molecule has 0 aliphatic carbocycles. The van der Waals surface area contributed by atoms with Gasteiger partial charge in [0.05, 0.1) is 12.1 Å². The molecular weight excluding hydrogens is 426 g/mol. The van der Waals surface area contributed by atoms with Gasteiger partial charge in [0.25, 0.3) is 0 Å². The van der Waals surface area contributed by atoms with Gasteiger partial charge in [-0.3, -0.25) is 19.3 Å². The van der Waals surface area contributed by atoms with Crippen LogP contribution in [0, 0.1) is 5.92 Å². The first-order valence-corrected chi connectivity index (χ1v) is 12.0. The molecule has 0 saturated carbocycles. The number of piperidine rings is 2. The van der Waals surface area contributed by atoms with Gasteiger partial charge in [-0.25, -0.2) is 4.98 Å². The molecule has 1 aromatic carbocycles. The average molecular weight is 456 g/mol. The molecule has 4 rings (SSSR count). The number of benzene rings is 1. The van der Waals surface area contributed by atoms with Gasteiger partial charge in [-0.05, 0) is 31.2 Å². The van der Waals surface area contributed by atoms with Gasteiger partial charge in [0.2, 0.25) is 17.7 Å². The van der Waals surface area contributed by atoms with Gasteiger partial charge in [0.1, 0.15) is 5.92 Å². The lowest BCUT2D eigenvalue weighted by molar-refractivity contribution is -0.134. The highest BCUT2D eigenvalue weighted by Crippen LogP contribution is 2.20. The third-order valence-electron chi connectivity index (χ3n) is 5.93. The highest BCUT2D eigenvalue weighted by Gasteiger charge is 2.29. The molecule has 0 spiro atoms. The number of anilines is 1. The number of carbonyl (C=O) groups is 3. The second-order valence-corrected chi connectivity index (χ2v) is 9.26. The van der Waals surface area contributed by atoms with Crippen molar-refractivity contribution < 1.29 is 14.4 Å². The molecule has 2 fully saturated rings. The molecular formula is C23H29N5O3S. The molecule has 2 aliphatic rings. The molecule has 2 aliphatic heterocycles. The lowest BCUT2D eigenvalue weighted by Gasteiger charge is -2.32. The molecule has 8 nitrogen and oxygen atoms in total. The van der Waals surface area contributed by atoms with Crippen LogP contribution in [0.4, 0.5) is 5.13 Å². The first-order valence-electron chi connectivity index (χ1n) is 11.2. The van der Waals surface area contributed by atoms with E-state index in [0.717, 1.165) is 38.9 Å². The predicted octanol–water partition coefficient (Wildman–Crippen LogP) is 1.93. The van der Waals surface area contributed by atoms with Crippen LogP contribution in [0.5, 0.6) is 0 Å². The Morgan fingerprint density at radius 2 is 1.94 bits per heavy atom. The number of hydrogen-bond donors (Lipinski definition) is 3. The zero-order chi connectivity index (χ0) is 22.3. The Morgan fingerprint density at radius 1 is 1.16 bits per heavy atom. The Labute approximate surface area is 191 Å². The fraction of sp³-hybridized carbons (Fsp3) is 0.478. The number of thiazole rings is 1. The minimum absolute atomic E-state index is 0.0543. The SMILES string of the molecule is O=C(Cc1csc(NC(=O)C2CCCNC2=O)n1)NC1CCN(Cc2ccccc2)CC1. The second kappa shape index (κ2) is 10.7. The van der Waals surface area contributed by atoms with Crippen molar-refractivity contribution in [1.82, 2.24) is 20.5 Å². The van der Waals surface area contributed by atoms with Crippen molar-refractivity contribution in [3.63, 3.8) is 0 Å². The summed E-state index contributed by atoms with van der Waals surface area (Å²) in [5.41, 5.74) is 1.93. The number of aromatic nitrogens is 1. The number of rotatable bonds is 7. The Hall–Kier alpha value is -2.78. The maximum atomic E-state index is 12.5. The van der Waals surface area contributed by atoms with Crippen molar-refractivity contribution in [3.05, 3.63) is 47.0 Å². The van der Waals surface area contributed by atoms with Crippen LogP contribution in [0.3, 0.4) is 0 Å². The molecule has 2 saturated heterocycles. The van der Waals surface area contributed by atoms with E-state index in [9.17, 15) is 14.4 Å². The van der Waals surface area contributed by atoms with Crippen LogP contribution in [0.2, 0.25) is 0 Å². The van der Waals surface area contributed by atoms with Gasteiger partial charge in [-0.15, -0.1) is 11.3 Å². The minimum atomic E-state index is -0.674. The van der Waals surface area contributed by atoms with E-state index in [2.05, 4.69) is 50.1 Å². The zero-order valence-corrected chi connectivity index (χ0v) is 18.8. The van der Waals surface area contributed by atoms with Crippen molar-refractivity contribution in [2.45, 2.75) is 44.7 Å². The second-order valence-electron chi connectivity index (χ2n) is 8.40. The zero-order valence-electron chi connectivity index (χ0n) is 18.0. The van der Waals surface area contributed by atoms with Crippen LogP contribution in [-0.4, -0.2) is 53.3 Å². The molecule has 0 radical (unpaired) electrons. The van der Waals surface area contributed by atoms with Gasteiger partial charge >= 0.3 is 0 Å². The van der Waals surface area contributed by atoms with E-state index >= 15 is 0 Å². The quantitative estimate of drug-likeness (QED) is 0.554. The summed E-state index contributed by atoms with van der Waals surface area (Å²) in [7, 11) is 0. The van der Waals surface area contributed by atoms with Gasteiger partial charge in [0.15, 0.2) is 5.13 Å². The number of amides is 3. The maximum absolute atomic E-state index is 12.5. The lowest BCUT2D eigenvalue weighted by Crippen LogP contribution is -2.44.